The molecule has 0 radical (unpaired) electrons. The van der Waals surface area contributed by atoms with Crippen molar-refractivity contribution in [2.24, 2.45) is 5.92 Å². The summed E-state index contributed by atoms with van der Waals surface area (Å²) in [6.07, 6.45) is 6.16. The van der Waals surface area contributed by atoms with Crippen LogP contribution in [0.1, 0.15) is 74.6 Å². The van der Waals surface area contributed by atoms with E-state index in [9.17, 15) is 14.4 Å². The molecule has 1 aliphatic heterocycles. The minimum atomic E-state index is -0.481. The Kier molecular flexibility index (Phi) is 6.62. The van der Waals surface area contributed by atoms with Gasteiger partial charge in [0.15, 0.2) is 0 Å². The van der Waals surface area contributed by atoms with Crippen molar-refractivity contribution in [3.8, 4) is 0 Å². The van der Waals surface area contributed by atoms with Crippen LogP contribution in [0.25, 0.3) is 0 Å². The van der Waals surface area contributed by atoms with E-state index < -0.39 is 11.3 Å². The average molecular weight is 361 g/mol. The van der Waals surface area contributed by atoms with E-state index in [1.807, 2.05) is 20.8 Å². The summed E-state index contributed by atoms with van der Waals surface area (Å²) in [4.78, 5) is 40.2. The van der Waals surface area contributed by atoms with Gasteiger partial charge in [-0.1, -0.05) is 13.8 Å². The Morgan fingerprint density at radius 2 is 1.81 bits per heavy atom. The number of carbonyl (C=O) groups excluding carboxylic acids is 2. The number of piperidine rings is 1. The highest BCUT2D eigenvalue weighted by molar-refractivity contribution is 5.99. The van der Waals surface area contributed by atoms with E-state index in [-0.39, 0.29) is 29.1 Å². The van der Waals surface area contributed by atoms with Gasteiger partial charge in [-0.05, 0) is 46.0 Å². The molecule has 26 heavy (non-hydrogen) atoms. The second kappa shape index (κ2) is 8.52. The second-order valence-electron chi connectivity index (χ2n) is 7.98. The van der Waals surface area contributed by atoms with Gasteiger partial charge in [-0.3, -0.25) is 14.4 Å². The molecule has 144 valence electrons. The molecule has 1 aromatic rings. The van der Waals surface area contributed by atoms with Gasteiger partial charge in [0.2, 0.25) is 5.43 Å². The number of hydrogen-bond acceptors (Lipinski definition) is 3. The Bertz CT molecular complexity index is 722. The fraction of sp³-hybridized carbons (Fsp3) is 0.650. The van der Waals surface area contributed by atoms with Crippen LogP contribution in [0.4, 0.5) is 0 Å². The van der Waals surface area contributed by atoms with Crippen molar-refractivity contribution >= 4 is 11.8 Å². The fourth-order valence-electron chi connectivity index (χ4n) is 3.37. The van der Waals surface area contributed by atoms with E-state index >= 15 is 0 Å². The quantitative estimate of drug-likeness (QED) is 0.876. The molecule has 1 fully saturated rings. The van der Waals surface area contributed by atoms with Gasteiger partial charge in [-0.2, -0.15) is 0 Å². The maximum absolute atomic E-state index is 13.0. The highest BCUT2D eigenvalue weighted by Gasteiger charge is 2.28. The van der Waals surface area contributed by atoms with Gasteiger partial charge in [0.25, 0.3) is 11.8 Å². The number of amides is 2. The Hall–Kier alpha value is -2.11. The van der Waals surface area contributed by atoms with Crippen LogP contribution in [-0.4, -0.2) is 39.9 Å². The normalized spacial score (nSPS) is 17.7. The smallest absolute Gasteiger partial charge is 0.259 e. The molecular formula is C20H31N3O3. The molecule has 2 rings (SSSR count). The predicted molar refractivity (Wildman–Crippen MR) is 102 cm³/mol. The number of likely N-dealkylation sites (tertiary alicyclic amines) is 1. The standard InChI is InChI=1S/C20H31N3O3/c1-13(2)10-22-11-16(19(25)21-14(3)4)18(24)17(12-22)20(26)23-9-7-6-8-15(23)5/h11-15H,6-10H2,1-5H3,(H,21,25). The minimum absolute atomic E-state index is 0.0369. The number of nitrogens with one attached hydrogen (secondary N) is 1. The zero-order chi connectivity index (χ0) is 19.4. The molecule has 0 saturated carbocycles. The zero-order valence-corrected chi connectivity index (χ0v) is 16.5. The molecule has 0 spiro atoms. The Morgan fingerprint density at radius 1 is 1.15 bits per heavy atom. The van der Waals surface area contributed by atoms with Crippen molar-refractivity contribution in [2.75, 3.05) is 6.54 Å². The van der Waals surface area contributed by atoms with Crippen molar-refractivity contribution < 1.29 is 9.59 Å². The molecular weight excluding hydrogens is 330 g/mol. The molecule has 2 amide bonds. The van der Waals surface area contributed by atoms with E-state index in [4.69, 9.17) is 0 Å². The van der Waals surface area contributed by atoms with E-state index in [2.05, 4.69) is 19.2 Å². The summed E-state index contributed by atoms with van der Waals surface area (Å²) in [6, 6.07) is 0.0317. The van der Waals surface area contributed by atoms with Gasteiger partial charge in [-0.15, -0.1) is 0 Å². The lowest BCUT2D eigenvalue weighted by Gasteiger charge is -2.33. The van der Waals surface area contributed by atoms with E-state index in [0.717, 1.165) is 19.3 Å². The summed E-state index contributed by atoms with van der Waals surface area (Å²) in [5.41, 5.74) is -0.350. The maximum Gasteiger partial charge on any atom is 0.259 e. The van der Waals surface area contributed by atoms with Crippen LogP contribution in [0, 0.1) is 5.92 Å². The third kappa shape index (κ3) is 4.74. The molecule has 1 saturated heterocycles. The summed E-state index contributed by atoms with van der Waals surface area (Å²) in [7, 11) is 0. The van der Waals surface area contributed by atoms with Crippen LogP contribution < -0.4 is 10.7 Å². The summed E-state index contributed by atoms with van der Waals surface area (Å²) in [5.74, 6) is -0.363. The number of pyridine rings is 1. The van der Waals surface area contributed by atoms with Crippen molar-refractivity contribution in [1.29, 1.82) is 0 Å². The Labute approximate surface area is 155 Å². The van der Waals surface area contributed by atoms with Crippen LogP contribution in [0.15, 0.2) is 17.2 Å². The highest BCUT2D eigenvalue weighted by atomic mass is 16.2. The number of carbonyl (C=O) groups is 2. The average Bonchev–Trinajstić information content (AvgIpc) is 2.55. The first-order valence-corrected chi connectivity index (χ1v) is 9.56. The largest absolute Gasteiger partial charge is 0.352 e. The van der Waals surface area contributed by atoms with Gasteiger partial charge in [0.1, 0.15) is 11.1 Å². The Balaban J connectivity index is 2.47. The molecule has 1 aromatic heterocycles. The monoisotopic (exact) mass is 361 g/mol. The molecule has 1 N–H and O–H groups in total. The van der Waals surface area contributed by atoms with Gasteiger partial charge < -0.3 is 14.8 Å². The zero-order valence-electron chi connectivity index (χ0n) is 16.5. The first-order valence-electron chi connectivity index (χ1n) is 9.56. The first kappa shape index (κ1) is 20.2. The minimum Gasteiger partial charge on any atom is -0.352 e. The summed E-state index contributed by atoms with van der Waals surface area (Å²) in [6.45, 7) is 11.1. The summed E-state index contributed by atoms with van der Waals surface area (Å²) in [5, 5.41) is 2.76. The summed E-state index contributed by atoms with van der Waals surface area (Å²) < 4.78 is 1.79. The number of hydrogen-bond donors (Lipinski definition) is 1. The van der Waals surface area contributed by atoms with Crippen molar-refractivity contribution in [3.63, 3.8) is 0 Å². The van der Waals surface area contributed by atoms with Crippen LogP contribution >= 0.6 is 0 Å². The third-order valence-corrected chi connectivity index (χ3v) is 4.61. The molecule has 6 heteroatoms. The summed E-state index contributed by atoms with van der Waals surface area (Å²) >= 11 is 0. The molecule has 0 bridgehead atoms. The van der Waals surface area contributed by atoms with E-state index in [1.54, 1.807) is 21.9 Å². The van der Waals surface area contributed by atoms with Crippen LogP contribution in [0.2, 0.25) is 0 Å². The van der Waals surface area contributed by atoms with Gasteiger partial charge >= 0.3 is 0 Å². The lowest BCUT2D eigenvalue weighted by molar-refractivity contribution is 0.0633. The van der Waals surface area contributed by atoms with Crippen LogP contribution in [-0.2, 0) is 6.54 Å². The number of rotatable bonds is 5. The van der Waals surface area contributed by atoms with Crippen LogP contribution in [0.3, 0.4) is 0 Å². The van der Waals surface area contributed by atoms with Crippen molar-refractivity contribution in [3.05, 3.63) is 33.7 Å². The highest BCUT2D eigenvalue weighted by Crippen LogP contribution is 2.18. The SMILES string of the molecule is CC(C)Cn1cc(C(=O)NC(C)C)c(=O)c(C(=O)N2CCCCC2C)c1. The van der Waals surface area contributed by atoms with Crippen LogP contribution in [0.5, 0.6) is 0 Å². The van der Waals surface area contributed by atoms with Crippen molar-refractivity contribution in [2.45, 2.75) is 72.5 Å². The Morgan fingerprint density at radius 3 is 2.38 bits per heavy atom. The van der Waals surface area contributed by atoms with E-state index in [0.29, 0.717) is 19.0 Å². The molecule has 2 heterocycles. The molecule has 0 aliphatic carbocycles. The van der Waals surface area contributed by atoms with E-state index in [1.165, 1.54) is 0 Å². The molecule has 6 nitrogen and oxygen atoms in total. The topological polar surface area (TPSA) is 71.4 Å². The molecule has 1 aliphatic rings. The van der Waals surface area contributed by atoms with Gasteiger partial charge in [-0.25, -0.2) is 0 Å². The second-order valence-corrected chi connectivity index (χ2v) is 7.98. The number of nitrogens with zero attached hydrogens (tertiary/aromatic N) is 2. The fourth-order valence-corrected chi connectivity index (χ4v) is 3.37. The third-order valence-electron chi connectivity index (χ3n) is 4.61. The van der Waals surface area contributed by atoms with Crippen molar-refractivity contribution in [1.82, 2.24) is 14.8 Å². The lowest BCUT2D eigenvalue weighted by atomic mass is 10.0. The number of aromatic nitrogens is 1. The predicted octanol–water partition coefficient (Wildman–Crippen LogP) is 2.66. The molecule has 1 unspecified atom stereocenters. The molecule has 0 aromatic carbocycles. The van der Waals surface area contributed by atoms with Gasteiger partial charge in [0, 0.05) is 37.6 Å². The van der Waals surface area contributed by atoms with Gasteiger partial charge in [0.05, 0.1) is 0 Å². The maximum atomic E-state index is 13.0. The molecule has 1 atom stereocenters. The first-order chi connectivity index (χ1) is 12.2. The lowest BCUT2D eigenvalue weighted by Crippen LogP contribution is -2.45.